The van der Waals surface area contributed by atoms with E-state index in [9.17, 15) is 13.2 Å². The Hall–Kier alpha value is -2.58. The molecular weight excluding hydrogens is 356 g/mol. The maximum atomic E-state index is 12.1. The number of anilines is 1. The quantitative estimate of drug-likeness (QED) is 0.622. The van der Waals surface area contributed by atoms with Gasteiger partial charge in [-0.3, -0.25) is 4.79 Å². The van der Waals surface area contributed by atoms with Gasteiger partial charge in [0.25, 0.3) is 5.91 Å². The van der Waals surface area contributed by atoms with Crippen LogP contribution in [0.1, 0.15) is 0 Å². The maximum Gasteiger partial charge on any atom is 0.314 e. The van der Waals surface area contributed by atoms with Crippen LogP contribution in [-0.2, 0) is 14.9 Å². The molecule has 8 heteroatoms. The van der Waals surface area contributed by atoms with E-state index < -0.39 is 10.1 Å². The van der Waals surface area contributed by atoms with Crippen molar-refractivity contribution in [1.82, 2.24) is 0 Å². The zero-order valence-corrected chi connectivity index (χ0v) is 15.6. The van der Waals surface area contributed by atoms with Crippen LogP contribution in [0.2, 0.25) is 0 Å². The van der Waals surface area contributed by atoms with Gasteiger partial charge >= 0.3 is 10.1 Å². The van der Waals surface area contributed by atoms with Crippen LogP contribution in [-0.4, -0.2) is 47.3 Å². The number of hydrogen-bond donors (Lipinski definition) is 2. The van der Waals surface area contributed by atoms with Crippen LogP contribution in [0.5, 0.6) is 11.5 Å². The van der Waals surface area contributed by atoms with E-state index in [0.717, 1.165) is 4.90 Å². The second-order valence-electron chi connectivity index (χ2n) is 5.82. The largest absolute Gasteiger partial charge is 0.497 e. The first kappa shape index (κ1) is 19.7. The topological polar surface area (TPSA) is 86.1 Å². The van der Waals surface area contributed by atoms with Crippen LogP contribution in [0.15, 0.2) is 54.6 Å². The highest BCUT2D eigenvalue weighted by atomic mass is 32.2. The molecule has 0 saturated carbocycles. The summed E-state index contributed by atoms with van der Waals surface area (Å²) >= 11 is 0. The van der Waals surface area contributed by atoms with Gasteiger partial charge in [-0.15, -0.1) is 0 Å². The average molecular weight is 379 g/mol. The fourth-order valence-corrected chi connectivity index (χ4v) is 3.32. The Morgan fingerprint density at radius 1 is 1.08 bits per heavy atom. The minimum Gasteiger partial charge on any atom is -0.497 e. The van der Waals surface area contributed by atoms with Gasteiger partial charge in [0.1, 0.15) is 17.3 Å². The molecule has 2 rings (SSSR count). The van der Waals surface area contributed by atoms with Gasteiger partial charge in [-0.25, -0.2) is 0 Å². The van der Waals surface area contributed by atoms with Crippen molar-refractivity contribution in [2.45, 2.75) is 0 Å². The van der Waals surface area contributed by atoms with Gasteiger partial charge in [-0.2, -0.15) is 8.42 Å². The first-order valence-corrected chi connectivity index (χ1v) is 9.68. The first-order valence-electron chi connectivity index (χ1n) is 8.10. The SMILES string of the molecule is COc1cccc(NC(=O)C[NH+](C)CCS(=O)(=O)Oc2ccccc2)c1. The summed E-state index contributed by atoms with van der Waals surface area (Å²) < 4.78 is 34.1. The van der Waals surface area contributed by atoms with Crippen molar-refractivity contribution in [3.63, 3.8) is 0 Å². The number of quaternary nitrogens is 1. The summed E-state index contributed by atoms with van der Waals surface area (Å²) in [6, 6.07) is 15.4. The van der Waals surface area contributed by atoms with E-state index in [1.54, 1.807) is 68.8 Å². The van der Waals surface area contributed by atoms with E-state index in [4.69, 9.17) is 8.92 Å². The summed E-state index contributed by atoms with van der Waals surface area (Å²) in [4.78, 5) is 12.8. The van der Waals surface area contributed by atoms with E-state index in [0.29, 0.717) is 11.4 Å². The lowest BCUT2D eigenvalue weighted by Crippen LogP contribution is -3.10. The molecule has 2 N–H and O–H groups in total. The third kappa shape index (κ3) is 6.73. The molecule has 7 nitrogen and oxygen atoms in total. The minimum absolute atomic E-state index is 0.137. The lowest BCUT2D eigenvalue weighted by Gasteiger charge is -2.14. The molecule has 0 aliphatic carbocycles. The van der Waals surface area contributed by atoms with Crippen molar-refractivity contribution < 1.29 is 27.0 Å². The van der Waals surface area contributed by atoms with Crippen LogP contribution in [0.25, 0.3) is 0 Å². The van der Waals surface area contributed by atoms with Crippen molar-refractivity contribution in [2.75, 3.05) is 38.3 Å². The van der Waals surface area contributed by atoms with Gasteiger partial charge in [-0.05, 0) is 24.3 Å². The second kappa shape index (κ2) is 9.21. The zero-order valence-electron chi connectivity index (χ0n) is 14.8. The Kier molecular flexibility index (Phi) is 6.99. The third-order valence-electron chi connectivity index (χ3n) is 3.56. The molecule has 0 aromatic heterocycles. The number of likely N-dealkylation sites (N-methyl/N-ethyl adjacent to an activating group) is 1. The van der Waals surface area contributed by atoms with Gasteiger partial charge in [0, 0.05) is 11.8 Å². The number of nitrogens with one attached hydrogen (secondary N) is 2. The Balaban J connectivity index is 1.80. The van der Waals surface area contributed by atoms with Gasteiger partial charge < -0.3 is 19.1 Å². The molecule has 1 amide bonds. The smallest absolute Gasteiger partial charge is 0.314 e. The number of methoxy groups -OCH3 is 1. The van der Waals surface area contributed by atoms with Crippen molar-refractivity contribution in [2.24, 2.45) is 0 Å². The molecule has 0 heterocycles. The number of carbonyl (C=O) groups excluding carboxylic acids is 1. The molecule has 1 unspecified atom stereocenters. The molecule has 0 aliphatic heterocycles. The van der Waals surface area contributed by atoms with E-state index >= 15 is 0 Å². The fourth-order valence-electron chi connectivity index (χ4n) is 2.23. The number of hydrogen-bond acceptors (Lipinski definition) is 5. The van der Waals surface area contributed by atoms with Gasteiger partial charge in [-0.1, -0.05) is 24.3 Å². The van der Waals surface area contributed by atoms with Crippen LogP contribution < -0.4 is 19.1 Å². The van der Waals surface area contributed by atoms with E-state index in [2.05, 4.69) is 5.32 Å². The number of carbonyl (C=O) groups is 1. The monoisotopic (exact) mass is 379 g/mol. The highest BCUT2D eigenvalue weighted by Gasteiger charge is 2.18. The number of benzene rings is 2. The molecule has 0 fully saturated rings. The molecule has 0 saturated heterocycles. The predicted octanol–water partition coefficient (Wildman–Crippen LogP) is 0.557. The number of ether oxygens (including phenoxy) is 1. The van der Waals surface area contributed by atoms with Crippen LogP contribution in [0.3, 0.4) is 0 Å². The summed E-state index contributed by atoms with van der Waals surface area (Å²) in [5.41, 5.74) is 0.627. The molecule has 0 aliphatic rings. The Bertz CT molecular complexity index is 824. The molecule has 0 spiro atoms. The first-order chi connectivity index (χ1) is 12.4. The van der Waals surface area contributed by atoms with Crippen molar-refractivity contribution >= 4 is 21.7 Å². The van der Waals surface area contributed by atoms with E-state index in [-0.39, 0.29) is 30.5 Å². The second-order valence-corrected chi connectivity index (χ2v) is 7.51. The highest BCUT2D eigenvalue weighted by molar-refractivity contribution is 7.87. The molecule has 0 radical (unpaired) electrons. The Labute approximate surface area is 153 Å². The molecule has 1 atom stereocenters. The van der Waals surface area contributed by atoms with Gasteiger partial charge in [0.05, 0.1) is 20.7 Å². The van der Waals surface area contributed by atoms with Crippen LogP contribution in [0.4, 0.5) is 5.69 Å². The van der Waals surface area contributed by atoms with Gasteiger partial charge in [0.2, 0.25) is 0 Å². The van der Waals surface area contributed by atoms with E-state index in [1.165, 1.54) is 0 Å². The lowest BCUT2D eigenvalue weighted by molar-refractivity contribution is -0.868. The van der Waals surface area contributed by atoms with Gasteiger partial charge in [0.15, 0.2) is 6.54 Å². The van der Waals surface area contributed by atoms with Crippen molar-refractivity contribution in [1.29, 1.82) is 0 Å². The number of rotatable bonds is 9. The Morgan fingerprint density at radius 2 is 1.77 bits per heavy atom. The Morgan fingerprint density at radius 3 is 2.46 bits per heavy atom. The predicted molar refractivity (Wildman–Crippen MR) is 99.1 cm³/mol. The highest BCUT2D eigenvalue weighted by Crippen LogP contribution is 2.16. The van der Waals surface area contributed by atoms with E-state index in [1.807, 2.05) is 0 Å². The molecule has 2 aromatic rings. The third-order valence-corrected chi connectivity index (χ3v) is 4.71. The van der Waals surface area contributed by atoms with Crippen LogP contribution in [0, 0.1) is 0 Å². The fraction of sp³-hybridized carbons (Fsp3) is 0.278. The number of para-hydroxylation sites is 1. The molecule has 26 heavy (non-hydrogen) atoms. The molecule has 0 bridgehead atoms. The summed E-state index contributed by atoms with van der Waals surface area (Å²) in [5.74, 6) is 0.533. The molecule has 2 aromatic carbocycles. The maximum absolute atomic E-state index is 12.1. The molecule has 140 valence electrons. The lowest BCUT2D eigenvalue weighted by atomic mass is 10.3. The standard InChI is InChI=1S/C18H22N2O5S/c1-20(11-12-26(22,23)25-16-8-4-3-5-9-16)14-18(21)19-15-7-6-10-17(13-15)24-2/h3-10,13H,11-12,14H2,1-2H3,(H,19,21)/p+1. The summed E-state index contributed by atoms with van der Waals surface area (Å²) in [6.07, 6.45) is 0. The number of amides is 1. The zero-order chi connectivity index (χ0) is 19.0. The summed E-state index contributed by atoms with van der Waals surface area (Å²) in [6.45, 7) is 0.388. The average Bonchev–Trinajstić information content (AvgIpc) is 2.60. The van der Waals surface area contributed by atoms with Crippen molar-refractivity contribution in [3.8, 4) is 11.5 Å². The summed E-state index contributed by atoms with van der Waals surface area (Å²) in [5, 5.41) is 2.76. The minimum atomic E-state index is -3.70. The van der Waals surface area contributed by atoms with Crippen LogP contribution >= 0.6 is 0 Å². The normalized spacial score (nSPS) is 12.2. The van der Waals surface area contributed by atoms with Crippen molar-refractivity contribution in [3.05, 3.63) is 54.6 Å². The molecular formula is C18H23N2O5S+. The summed E-state index contributed by atoms with van der Waals surface area (Å²) in [7, 11) is -0.397.